The van der Waals surface area contributed by atoms with Crippen molar-refractivity contribution in [2.75, 3.05) is 26.2 Å². The molecule has 0 spiro atoms. The number of halogens is 1. The zero-order valence-corrected chi connectivity index (χ0v) is 12.3. The average Bonchev–Trinajstić information content (AvgIpc) is 2.94. The second kappa shape index (κ2) is 6.24. The normalized spacial score (nSPS) is 16.1. The summed E-state index contributed by atoms with van der Waals surface area (Å²) in [5.41, 5.74) is 1.56. The molecule has 2 aromatic rings. The molecule has 3 rings (SSSR count). The minimum absolute atomic E-state index is 0.0847. The van der Waals surface area contributed by atoms with Gasteiger partial charge < -0.3 is 4.90 Å². The molecule has 1 N–H and O–H groups in total. The van der Waals surface area contributed by atoms with Gasteiger partial charge in [0.2, 0.25) is 0 Å². The van der Waals surface area contributed by atoms with Gasteiger partial charge in [-0.2, -0.15) is 5.10 Å². The van der Waals surface area contributed by atoms with Crippen LogP contribution < -0.4 is 0 Å². The van der Waals surface area contributed by atoms with E-state index in [2.05, 4.69) is 26.1 Å². The molecule has 1 aliphatic heterocycles. The fourth-order valence-corrected chi connectivity index (χ4v) is 2.61. The first-order valence-corrected chi connectivity index (χ1v) is 7.21. The third kappa shape index (κ3) is 3.22. The third-order valence-electron chi connectivity index (χ3n) is 3.60. The van der Waals surface area contributed by atoms with E-state index in [-0.39, 0.29) is 5.91 Å². The Balaban J connectivity index is 1.56. The number of carbonyl (C=O) groups excluding carboxylic acids is 1. The van der Waals surface area contributed by atoms with Crippen molar-refractivity contribution in [1.82, 2.24) is 25.0 Å². The molecule has 2 aromatic heterocycles. The summed E-state index contributed by atoms with van der Waals surface area (Å²) < 4.78 is 0. The lowest BCUT2D eigenvalue weighted by Gasteiger charge is -2.34. The highest BCUT2D eigenvalue weighted by Crippen LogP contribution is 2.16. The second-order valence-corrected chi connectivity index (χ2v) is 5.43. The van der Waals surface area contributed by atoms with Gasteiger partial charge in [0.05, 0.1) is 11.2 Å². The highest BCUT2D eigenvalue weighted by molar-refractivity contribution is 6.33. The zero-order chi connectivity index (χ0) is 14.7. The molecule has 0 saturated carbocycles. The van der Waals surface area contributed by atoms with E-state index in [1.807, 2.05) is 12.3 Å². The summed E-state index contributed by atoms with van der Waals surface area (Å²) in [6.07, 6.45) is 5.10. The minimum atomic E-state index is -0.0847. The molecule has 0 unspecified atom stereocenters. The standard InChI is InChI=1S/C14H16ClN5O/c15-12-9-17-18-13(12)14(21)20-6-4-19(5-7-20)10-11-2-1-3-16-8-11/h1-3,8-9H,4-7,10H2,(H,17,18). The monoisotopic (exact) mass is 305 g/mol. The smallest absolute Gasteiger partial charge is 0.273 e. The van der Waals surface area contributed by atoms with Crippen molar-refractivity contribution in [2.24, 2.45) is 0 Å². The first-order valence-electron chi connectivity index (χ1n) is 6.83. The lowest BCUT2D eigenvalue weighted by molar-refractivity contribution is 0.0622. The van der Waals surface area contributed by atoms with Crippen LogP contribution in [0, 0.1) is 0 Å². The Morgan fingerprint density at radius 2 is 2.10 bits per heavy atom. The quantitative estimate of drug-likeness (QED) is 0.931. The van der Waals surface area contributed by atoms with Gasteiger partial charge in [0.1, 0.15) is 5.69 Å². The maximum absolute atomic E-state index is 12.3. The van der Waals surface area contributed by atoms with Gasteiger partial charge in [-0.25, -0.2) is 0 Å². The van der Waals surface area contributed by atoms with Gasteiger partial charge in [-0.1, -0.05) is 17.7 Å². The number of nitrogens with zero attached hydrogens (tertiary/aromatic N) is 4. The molecule has 0 atom stereocenters. The van der Waals surface area contributed by atoms with Crippen LogP contribution in [-0.2, 0) is 6.54 Å². The molecule has 1 aliphatic rings. The molecule has 1 amide bonds. The van der Waals surface area contributed by atoms with Crippen molar-refractivity contribution in [3.8, 4) is 0 Å². The number of nitrogens with one attached hydrogen (secondary N) is 1. The SMILES string of the molecule is O=C(c1[nH]ncc1Cl)N1CCN(Cc2cccnc2)CC1. The van der Waals surface area contributed by atoms with Crippen molar-refractivity contribution in [3.63, 3.8) is 0 Å². The maximum atomic E-state index is 12.3. The van der Waals surface area contributed by atoms with Gasteiger partial charge in [0.15, 0.2) is 0 Å². The van der Waals surface area contributed by atoms with Crippen LogP contribution in [-0.4, -0.2) is 57.1 Å². The first kappa shape index (κ1) is 14.0. The lowest BCUT2D eigenvalue weighted by atomic mass is 10.2. The molecule has 6 nitrogen and oxygen atoms in total. The van der Waals surface area contributed by atoms with Crippen LogP contribution in [0.15, 0.2) is 30.7 Å². The summed E-state index contributed by atoms with van der Waals surface area (Å²) in [4.78, 5) is 20.5. The maximum Gasteiger partial charge on any atom is 0.273 e. The van der Waals surface area contributed by atoms with E-state index >= 15 is 0 Å². The fourth-order valence-electron chi connectivity index (χ4n) is 2.44. The first-order chi connectivity index (χ1) is 10.2. The van der Waals surface area contributed by atoms with Crippen molar-refractivity contribution < 1.29 is 4.79 Å². The molecule has 1 fully saturated rings. The van der Waals surface area contributed by atoms with Gasteiger partial charge in [-0.05, 0) is 11.6 Å². The third-order valence-corrected chi connectivity index (χ3v) is 3.88. The summed E-state index contributed by atoms with van der Waals surface area (Å²) in [6, 6.07) is 4.00. The number of hydrogen-bond donors (Lipinski definition) is 1. The number of carbonyl (C=O) groups is 1. The summed E-state index contributed by atoms with van der Waals surface area (Å²) in [7, 11) is 0. The Hall–Kier alpha value is -1.92. The number of hydrogen-bond acceptors (Lipinski definition) is 4. The van der Waals surface area contributed by atoms with Gasteiger partial charge in [-0.15, -0.1) is 0 Å². The summed E-state index contributed by atoms with van der Waals surface area (Å²) in [5, 5.41) is 6.82. The van der Waals surface area contributed by atoms with Crippen molar-refractivity contribution in [3.05, 3.63) is 47.0 Å². The molecule has 0 aliphatic carbocycles. The molecule has 21 heavy (non-hydrogen) atoms. The summed E-state index contributed by atoms with van der Waals surface area (Å²) in [5.74, 6) is -0.0847. The fraction of sp³-hybridized carbons (Fsp3) is 0.357. The van der Waals surface area contributed by atoms with Crippen LogP contribution in [0.25, 0.3) is 0 Å². The molecule has 0 aromatic carbocycles. The number of aromatic nitrogens is 3. The summed E-state index contributed by atoms with van der Waals surface area (Å²) in [6.45, 7) is 3.92. The van der Waals surface area contributed by atoms with Crippen LogP contribution in [0.5, 0.6) is 0 Å². The van der Waals surface area contributed by atoms with E-state index in [9.17, 15) is 4.79 Å². The number of piperazine rings is 1. The Morgan fingerprint density at radius 1 is 1.29 bits per heavy atom. The van der Waals surface area contributed by atoms with E-state index in [1.54, 1.807) is 11.1 Å². The van der Waals surface area contributed by atoms with Gasteiger partial charge in [-0.3, -0.25) is 19.8 Å². The van der Waals surface area contributed by atoms with Crippen molar-refractivity contribution in [2.45, 2.75) is 6.54 Å². The largest absolute Gasteiger partial charge is 0.335 e. The van der Waals surface area contributed by atoms with E-state index in [1.165, 1.54) is 11.8 Å². The van der Waals surface area contributed by atoms with E-state index in [4.69, 9.17) is 11.6 Å². The molecular formula is C14H16ClN5O. The molecule has 0 bridgehead atoms. The lowest BCUT2D eigenvalue weighted by Crippen LogP contribution is -2.48. The van der Waals surface area contributed by atoms with E-state index < -0.39 is 0 Å². The Kier molecular flexibility index (Phi) is 4.17. The number of rotatable bonds is 3. The summed E-state index contributed by atoms with van der Waals surface area (Å²) >= 11 is 5.93. The molecule has 0 radical (unpaired) electrons. The van der Waals surface area contributed by atoms with Gasteiger partial charge in [0.25, 0.3) is 5.91 Å². The molecule has 1 saturated heterocycles. The van der Waals surface area contributed by atoms with E-state index in [0.717, 1.165) is 19.6 Å². The predicted molar refractivity (Wildman–Crippen MR) is 79.0 cm³/mol. The van der Waals surface area contributed by atoms with E-state index in [0.29, 0.717) is 23.8 Å². The topological polar surface area (TPSA) is 65.1 Å². The minimum Gasteiger partial charge on any atom is -0.335 e. The molecular weight excluding hydrogens is 290 g/mol. The highest BCUT2D eigenvalue weighted by atomic mass is 35.5. The van der Waals surface area contributed by atoms with Crippen LogP contribution in [0.4, 0.5) is 0 Å². The van der Waals surface area contributed by atoms with Crippen LogP contribution in [0.2, 0.25) is 5.02 Å². The number of pyridine rings is 1. The van der Waals surface area contributed by atoms with Crippen LogP contribution in [0.3, 0.4) is 0 Å². The van der Waals surface area contributed by atoms with Crippen LogP contribution in [0.1, 0.15) is 16.1 Å². The predicted octanol–water partition coefficient (Wildman–Crippen LogP) is 1.42. The number of H-pyrrole nitrogens is 1. The van der Waals surface area contributed by atoms with Crippen molar-refractivity contribution >= 4 is 17.5 Å². The van der Waals surface area contributed by atoms with Gasteiger partial charge in [0, 0.05) is 45.1 Å². The average molecular weight is 306 g/mol. The Bertz CT molecular complexity index is 607. The number of aromatic amines is 1. The second-order valence-electron chi connectivity index (χ2n) is 5.02. The molecule has 110 valence electrons. The molecule has 7 heteroatoms. The van der Waals surface area contributed by atoms with Crippen LogP contribution >= 0.6 is 11.6 Å². The zero-order valence-electron chi connectivity index (χ0n) is 11.5. The molecule has 3 heterocycles. The highest BCUT2D eigenvalue weighted by Gasteiger charge is 2.24. The number of amides is 1. The van der Waals surface area contributed by atoms with Crippen molar-refractivity contribution in [1.29, 1.82) is 0 Å². The van der Waals surface area contributed by atoms with Gasteiger partial charge >= 0.3 is 0 Å². The Morgan fingerprint density at radius 3 is 2.71 bits per heavy atom. The Labute approximate surface area is 127 Å².